The Morgan fingerprint density at radius 2 is 1.23 bits per heavy atom. The average Bonchev–Trinajstić information content (AvgIpc) is 2.51. The summed E-state index contributed by atoms with van der Waals surface area (Å²) < 4.78 is 5.10. The lowest BCUT2D eigenvalue weighted by Gasteiger charge is -2.15. The van der Waals surface area contributed by atoms with Crippen molar-refractivity contribution >= 4 is 5.97 Å². The summed E-state index contributed by atoms with van der Waals surface area (Å²) in [5.41, 5.74) is 0. The standard InChI is InChI=1S/C20H40O2/c1-4-7-9-10-11-12-13-14-15-17-19(16-8-5-2)18-20(21)22-6-3/h19H,4-18H2,1-3H3. The molecule has 132 valence electrons. The molecule has 0 fully saturated rings. The van der Waals surface area contributed by atoms with Crippen molar-refractivity contribution in [3.63, 3.8) is 0 Å². The zero-order chi connectivity index (χ0) is 16.5. The van der Waals surface area contributed by atoms with Crippen molar-refractivity contribution in [3.8, 4) is 0 Å². The van der Waals surface area contributed by atoms with E-state index in [1.807, 2.05) is 6.92 Å². The summed E-state index contributed by atoms with van der Waals surface area (Å²) in [7, 11) is 0. The minimum absolute atomic E-state index is 0.000438. The Morgan fingerprint density at radius 3 is 1.77 bits per heavy atom. The van der Waals surface area contributed by atoms with E-state index < -0.39 is 0 Å². The van der Waals surface area contributed by atoms with E-state index in [-0.39, 0.29) is 5.97 Å². The van der Waals surface area contributed by atoms with Gasteiger partial charge in [0, 0.05) is 6.42 Å². The molecule has 0 aliphatic rings. The van der Waals surface area contributed by atoms with Crippen LogP contribution in [0.4, 0.5) is 0 Å². The lowest BCUT2D eigenvalue weighted by Crippen LogP contribution is -2.12. The van der Waals surface area contributed by atoms with Crippen molar-refractivity contribution < 1.29 is 9.53 Å². The quantitative estimate of drug-likeness (QED) is 0.235. The molecule has 0 aromatic rings. The molecule has 0 aromatic heterocycles. The predicted octanol–water partition coefficient (Wildman–Crippen LogP) is 6.67. The van der Waals surface area contributed by atoms with Crippen LogP contribution in [-0.2, 0) is 9.53 Å². The normalized spacial score (nSPS) is 12.3. The molecule has 0 radical (unpaired) electrons. The zero-order valence-corrected chi connectivity index (χ0v) is 15.5. The van der Waals surface area contributed by atoms with Crippen LogP contribution in [0.1, 0.15) is 111 Å². The molecule has 1 unspecified atom stereocenters. The third-order valence-corrected chi connectivity index (χ3v) is 4.44. The first-order valence-electron chi connectivity index (χ1n) is 9.90. The summed E-state index contributed by atoms with van der Waals surface area (Å²) in [6.45, 7) is 6.89. The van der Waals surface area contributed by atoms with E-state index in [4.69, 9.17) is 4.74 Å². The van der Waals surface area contributed by atoms with Gasteiger partial charge < -0.3 is 4.74 Å². The van der Waals surface area contributed by atoms with E-state index in [0.29, 0.717) is 18.9 Å². The maximum absolute atomic E-state index is 11.7. The van der Waals surface area contributed by atoms with Gasteiger partial charge in [-0.3, -0.25) is 4.79 Å². The number of ether oxygens (including phenoxy) is 1. The van der Waals surface area contributed by atoms with Gasteiger partial charge in [-0.2, -0.15) is 0 Å². The average molecular weight is 313 g/mol. The lowest BCUT2D eigenvalue weighted by atomic mass is 9.92. The Bertz CT molecular complexity index is 238. The number of esters is 1. The first kappa shape index (κ1) is 21.5. The number of carbonyl (C=O) groups is 1. The molecule has 0 saturated carbocycles. The number of hydrogen-bond acceptors (Lipinski definition) is 2. The van der Waals surface area contributed by atoms with Gasteiger partial charge in [0.2, 0.25) is 0 Å². The van der Waals surface area contributed by atoms with E-state index >= 15 is 0 Å². The summed E-state index contributed by atoms with van der Waals surface area (Å²) in [6.07, 6.45) is 17.8. The second-order valence-electron chi connectivity index (χ2n) is 6.63. The van der Waals surface area contributed by atoms with Gasteiger partial charge in [-0.15, -0.1) is 0 Å². The van der Waals surface area contributed by atoms with E-state index in [1.54, 1.807) is 0 Å². The van der Waals surface area contributed by atoms with Crippen molar-refractivity contribution in [1.82, 2.24) is 0 Å². The SMILES string of the molecule is CCCCCCCCCCCC(CCCC)CC(=O)OCC. The minimum Gasteiger partial charge on any atom is -0.466 e. The van der Waals surface area contributed by atoms with Gasteiger partial charge in [0.25, 0.3) is 0 Å². The van der Waals surface area contributed by atoms with Crippen molar-refractivity contribution in [2.24, 2.45) is 5.92 Å². The first-order valence-corrected chi connectivity index (χ1v) is 9.90. The fraction of sp³-hybridized carbons (Fsp3) is 0.950. The lowest BCUT2D eigenvalue weighted by molar-refractivity contribution is -0.144. The van der Waals surface area contributed by atoms with Gasteiger partial charge in [-0.25, -0.2) is 0 Å². The molecule has 0 saturated heterocycles. The number of hydrogen-bond donors (Lipinski definition) is 0. The summed E-state index contributed by atoms with van der Waals surface area (Å²) >= 11 is 0. The van der Waals surface area contributed by atoms with Crippen LogP contribution in [0.25, 0.3) is 0 Å². The van der Waals surface area contributed by atoms with Crippen LogP contribution in [0.2, 0.25) is 0 Å². The molecule has 0 aliphatic heterocycles. The molecule has 0 amide bonds. The van der Waals surface area contributed by atoms with Crippen LogP contribution in [0.15, 0.2) is 0 Å². The second-order valence-corrected chi connectivity index (χ2v) is 6.63. The van der Waals surface area contributed by atoms with Gasteiger partial charge in [0.1, 0.15) is 0 Å². The van der Waals surface area contributed by atoms with Crippen molar-refractivity contribution in [1.29, 1.82) is 0 Å². The zero-order valence-electron chi connectivity index (χ0n) is 15.5. The van der Waals surface area contributed by atoms with Crippen molar-refractivity contribution in [3.05, 3.63) is 0 Å². The fourth-order valence-electron chi connectivity index (χ4n) is 3.04. The molecule has 0 N–H and O–H groups in total. The molecule has 0 spiro atoms. The van der Waals surface area contributed by atoms with Crippen LogP contribution in [0, 0.1) is 5.92 Å². The summed E-state index contributed by atoms with van der Waals surface area (Å²) in [4.78, 5) is 11.7. The molecule has 0 bridgehead atoms. The van der Waals surface area contributed by atoms with Gasteiger partial charge in [0.05, 0.1) is 6.61 Å². The molecule has 22 heavy (non-hydrogen) atoms. The van der Waals surface area contributed by atoms with Crippen LogP contribution in [0.3, 0.4) is 0 Å². The van der Waals surface area contributed by atoms with Gasteiger partial charge in [0.15, 0.2) is 0 Å². The topological polar surface area (TPSA) is 26.3 Å². The number of rotatable bonds is 16. The van der Waals surface area contributed by atoms with Crippen LogP contribution in [0.5, 0.6) is 0 Å². The Kier molecular flexibility index (Phi) is 16.4. The third kappa shape index (κ3) is 14.4. The summed E-state index contributed by atoms with van der Waals surface area (Å²) in [6, 6.07) is 0. The van der Waals surface area contributed by atoms with Crippen molar-refractivity contribution in [2.75, 3.05) is 6.61 Å². The molecule has 0 aliphatic carbocycles. The summed E-state index contributed by atoms with van der Waals surface area (Å²) in [5, 5.41) is 0. The molecular weight excluding hydrogens is 272 g/mol. The maximum atomic E-state index is 11.7. The second kappa shape index (κ2) is 16.8. The smallest absolute Gasteiger partial charge is 0.306 e. The highest BCUT2D eigenvalue weighted by Crippen LogP contribution is 2.21. The molecule has 1 atom stereocenters. The molecule has 0 rings (SSSR count). The number of carbonyl (C=O) groups excluding carboxylic acids is 1. The number of unbranched alkanes of at least 4 members (excludes halogenated alkanes) is 9. The van der Waals surface area contributed by atoms with Gasteiger partial charge in [-0.1, -0.05) is 84.5 Å². The van der Waals surface area contributed by atoms with Crippen LogP contribution >= 0.6 is 0 Å². The fourth-order valence-corrected chi connectivity index (χ4v) is 3.04. The molecule has 0 heterocycles. The van der Waals surface area contributed by atoms with E-state index in [2.05, 4.69) is 13.8 Å². The third-order valence-electron chi connectivity index (χ3n) is 4.44. The predicted molar refractivity (Wildman–Crippen MR) is 96.1 cm³/mol. The largest absolute Gasteiger partial charge is 0.466 e. The highest BCUT2D eigenvalue weighted by Gasteiger charge is 2.14. The van der Waals surface area contributed by atoms with E-state index in [9.17, 15) is 4.79 Å². The van der Waals surface area contributed by atoms with Gasteiger partial charge in [-0.05, 0) is 25.7 Å². The highest BCUT2D eigenvalue weighted by molar-refractivity contribution is 5.69. The van der Waals surface area contributed by atoms with E-state index in [0.717, 1.165) is 0 Å². The van der Waals surface area contributed by atoms with Gasteiger partial charge >= 0.3 is 5.97 Å². The molecular formula is C20H40O2. The highest BCUT2D eigenvalue weighted by atomic mass is 16.5. The Hall–Kier alpha value is -0.530. The Morgan fingerprint density at radius 1 is 0.727 bits per heavy atom. The summed E-state index contributed by atoms with van der Waals surface area (Å²) in [5.74, 6) is 0.545. The molecule has 2 nitrogen and oxygen atoms in total. The van der Waals surface area contributed by atoms with Crippen LogP contribution in [-0.4, -0.2) is 12.6 Å². The minimum atomic E-state index is -0.000438. The maximum Gasteiger partial charge on any atom is 0.306 e. The first-order chi connectivity index (χ1) is 10.7. The monoisotopic (exact) mass is 312 g/mol. The molecule has 0 aromatic carbocycles. The van der Waals surface area contributed by atoms with Crippen LogP contribution < -0.4 is 0 Å². The Balaban J connectivity index is 3.63. The van der Waals surface area contributed by atoms with E-state index in [1.165, 1.54) is 83.5 Å². The Labute approximate surface area is 139 Å². The molecule has 2 heteroatoms. The van der Waals surface area contributed by atoms with Crippen molar-refractivity contribution in [2.45, 2.75) is 111 Å².